The Hall–Kier alpha value is -2.33. The largest absolute Gasteiger partial charge is 0.355 e. The van der Waals surface area contributed by atoms with Crippen LogP contribution in [-0.4, -0.2) is 60.1 Å². The number of pyridine rings is 1. The smallest absolute Gasteiger partial charge is 0.227 e. The molecule has 0 aliphatic heterocycles. The molecule has 0 spiro atoms. The molecule has 2 rings (SSSR count). The zero-order chi connectivity index (χ0) is 17.6. The van der Waals surface area contributed by atoms with Crippen molar-refractivity contribution in [3.63, 3.8) is 0 Å². The lowest BCUT2D eigenvalue weighted by Crippen LogP contribution is -2.34. The van der Waals surface area contributed by atoms with Crippen LogP contribution < -0.4 is 5.32 Å². The fourth-order valence-electron chi connectivity index (χ4n) is 1.79. The molecule has 0 radical (unpaired) electrons. The number of nitrogens with zero attached hydrogens (tertiary/aromatic N) is 4. The Bertz CT molecular complexity index is 773. The van der Waals surface area contributed by atoms with Crippen molar-refractivity contribution in [2.45, 2.75) is 12.8 Å². The second-order valence-corrected chi connectivity index (χ2v) is 7.50. The molecular weight excluding hydrogens is 334 g/mol. The molecule has 2 aromatic heterocycles. The van der Waals surface area contributed by atoms with Crippen molar-refractivity contribution >= 4 is 15.9 Å². The van der Waals surface area contributed by atoms with Crippen LogP contribution in [0.15, 0.2) is 29.0 Å². The average molecular weight is 353 g/mol. The first kappa shape index (κ1) is 18.0. The molecule has 1 amide bonds. The van der Waals surface area contributed by atoms with Gasteiger partial charge in [-0.15, -0.1) is 0 Å². The highest BCUT2D eigenvalue weighted by atomic mass is 32.2. The van der Waals surface area contributed by atoms with Gasteiger partial charge in [0.05, 0.1) is 5.75 Å². The average Bonchev–Trinajstić information content (AvgIpc) is 3.02. The second kappa shape index (κ2) is 7.97. The normalized spacial score (nSPS) is 11.6. The van der Waals surface area contributed by atoms with Crippen LogP contribution in [0.25, 0.3) is 11.4 Å². The summed E-state index contributed by atoms with van der Waals surface area (Å²) in [6, 6.07) is 3.51. The number of nitrogens with one attached hydrogen (secondary N) is 1. The zero-order valence-corrected chi connectivity index (χ0v) is 14.3. The Kier molecular flexibility index (Phi) is 5.99. The van der Waals surface area contributed by atoms with Crippen molar-refractivity contribution in [1.29, 1.82) is 0 Å². The Morgan fingerprint density at radius 3 is 2.67 bits per heavy atom. The Morgan fingerprint density at radius 2 is 2.00 bits per heavy atom. The third kappa shape index (κ3) is 5.10. The fourth-order valence-corrected chi connectivity index (χ4v) is 2.51. The molecule has 0 fully saturated rings. The molecule has 130 valence electrons. The van der Waals surface area contributed by atoms with E-state index in [1.54, 1.807) is 24.5 Å². The van der Waals surface area contributed by atoms with Crippen molar-refractivity contribution in [3.8, 4) is 11.4 Å². The number of hydrogen-bond donors (Lipinski definition) is 1. The van der Waals surface area contributed by atoms with Crippen molar-refractivity contribution < 1.29 is 17.7 Å². The van der Waals surface area contributed by atoms with E-state index in [0.717, 1.165) is 9.87 Å². The van der Waals surface area contributed by atoms with Crippen molar-refractivity contribution in [3.05, 3.63) is 30.4 Å². The Labute approximate surface area is 140 Å². The molecule has 0 aromatic carbocycles. The fraction of sp³-hybridized carbons (Fsp3) is 0.429. The lowest BCUT2D eigenvalue weighted by atomic mass is 10.2. The first-order valence-corrected chi connectivity index (χ1v) is 8.89. The number of rotatable bonds is 8. The summed E-state index contributed by atoms with van der Waals surface area (Å²) in [5.41, 5.74) is 0.776. The van der Waals surface area contributed by atoms with Crippen LogP contribution in [0.5, 0.6) is 0 Å². The summed E-state index contributed by atoms with van der Waals surface area (Å²) in [6.07, 6.45) is 3.67. The molecule has 0 aliphatic carbocycles. The molecule has 1 N–H and O–H groups in total. The highest BCUT2D eigenvalue weighted by Crippen LogP contribution is 2.14. The van der Waals surface area contributed by atoms with E-state index in [-0.39, 0.29) is 31.0 Å². The van der Waals surface area contributed by atoms with Crippen LogP contribution in [0.3, 0.4) is 0 Å². The summed E-state index contributed by atoms with van der Waals surface area (Å²) in [5, 5.41) is 6.41. The van der Waals surface area contributed by atoms with E-state index < -0.39 is 10.0 Å². The van der Waals surface area contributed by atoms with Crippen LogP contribution in [0.4, 0.5) is 0 Å². The van der Waals surface area contributed by atoms with E-state index in [2.05, 4.69) is 20.4 Å². The van der Waals surface area contributed by atoms with E-state index in [1.165, 1.54) is 14.1 Å². The number of sulfonamides is 1. The van der Waals surface area contributed by atoms with Crippen LogP contribution in [0.1, 0.15) is 12.3 Å². The molecule has 0 bridgehead atoms. The first-order valence-electron chi connectivity index (χ1n) is 7.28. The van der Waals surface area contributed by atoms with Gasteiger partial charge in [-0.3, -0.25) is 9.78 Å². The van der Waals surface area contributed by atoms with E-state index >= 15 is 0 Å². The summed E-state index contributed by atoms with van der Waals surface area (Å²) in [7, 11) is -0.413. The quantitative estimate of drug-likeness (QED) is 0.713. The number of hydrogen-bond acceptors (Lipinski definition) is 7. The van der Waals surface area contributed by atoms with Gasteiger partial charge in [0.25, 0.3) is 0 Å². The maximum atomic E-state index is 11.7. The third-order valence-electron chi connectivity index (χ3n) is 3.21. The van der Waals surface area contributed by atoms with E-state index in [4.69, 9.17) is 4.52 Å². The van der Waals surface area contributed by atoms with E-state index in [9.17, 15) is 13.2 Å². The highest BCUT2D eigenvalue weighted by molar-refractivity contribution is 7.89. The SMILES string of the molecule is CN(C)S(=O)(=O)CCNC(=O)CCc1nc(-c2ccncc2)no1. The van der Waals surface area contributed by atoms with Crippen molar-refractivity contribution in [2.24, 2.45) is 0 Å². The summed E-state index contributed by atoms with van der Waals surface area (Å²) in [4.78, 5) is 19.8. The number of carbonyl (C=O) groups excluding carboxylic acids is 1. The van der Waals surface area contributed by atoms with Gasteiger partial charge in [-0.1, -0.05) is 5.16 Å². The van der Waals surface area contributed by atoms with Gasteiger partial charge in [0, 0.05) is 51.4 Å². The second-order valence-electron chi connectivity index (χ2n) is 5.20. The standard InChI is InChI=1S/C14H19N5O4S/c1-19(2)24(21,22)10-9-16-12(20)3-4-13-17-14(18-23-13)11-5-7-15-8-6-11/h5-8H,3-4,9-10H2,1-2H3,(H,16,20). The van der Waals surface area contributed by atoms with Gasteiger partial charge in [-0.2, -0.15) is 4.98 Å². The van der Waals surface area contributed by atoms with Crippen LogP contribution in [-0.2, 0) is 21.2 Å². The molecule has 2 heterocycles. The van der Waals surface area contributed by atoms with Crippen molar-refractivity contribution in [2.75, 3.05) is 26.4 Å². The molecule has 24 heavy (non-hydrogen) atoms. The van der Waals surface area contributed by atoms with Gasteiger partial charge in [-0.05, 0) is 12.1 Å². The Balaban J connectivity index is 1.78. The summed E-state index contributed by atoms with van der Waals surface area (Å²) >= 11 is 0. The van der Waals surface area contributed by atoms with Crippen molar-refractivity contribution in [1.82, 2.24) is 24.7 Å². The molecule has 2 aromatic rings. The lowest BCUT2D eigenvalue weighted by molar-refractivity contribution is -0.121. The molecule has 10 heteroatoms. The maximum Gasteiger partial charge on any atom is 0.227 e. The summed E-state index contributed by atoms with van der Waals surface area (Å²) in [5.74, 6) is 0.369. The number of carbonyl (C=O) groups is 1. The minimum absolute atomic E-state index is 0.0610. The zero-order valence-electron chi connectivity index (χ0n) is 13.5. The van der Waals surface area contributed by atoms with Gasteiger partial charge in [-0.25, -0.2) is 12.7 Å². The molecular formula is C14H19N5O4S. The molecule has 9 nitrogen and oxygen atoms in total. The number of aryl methyl sites for hydroxylation is 1. The maximum absolute atomic E-state index is 11.7. The van der Waals surface area contributed by atoms with Gasteiger partial charge in [0.1, 0.15) is 0 Å². The van der Waals surface area contributed by atoms with E-state index in [1.807, 2.05) is 0 Å². The minimum atomic E-state index is -3.32. The molecule has 0 atom stereocenters. The van der Waals surface area contributed by atoms with Crippen LogP contribution in [0.2, 0.25) is 0 Å². The third-order valence-corrected chi connectivity index (χ3v) is 5.04. The van der Waals surface area contributed by atoms with Gasteiger partial charge in [0.15, 0.2) is 0 Å². The van der Waals surface area contributed by atoms with Crippen LogP contribution >= 0.6 is 0 Å². The molecule has 0 unspecified atom stereocenters. The molecule has 0 aliphatic rings. The van der Waals surface area contributed by atoms with Gasteiger partial charge in [0.2, 0.25) is 27.6 Å². The Morgan fingerprint density at radius 1 is 1.29 bits per heavy atom. The minimum Gasteiger partial charge on any atom is -0.355 e. The first-order chi connectivity index (χ1) is 11.4. The monoisotopic (exact) mass is 353 g/mol. The molecule has 0 saturated heterocycles. The molecule has 0 saturated carbocycles. The van der Waals surface area contributed by atoms with Gasteiger partial charge < -0.3 is 9.84 Å². The predicted octanol–water partition coefficient (Wildman–Crippen LogP) is 0.0718. The predicted molar refractivity (Wildman–Crippen MR) is 86.3 cm³/mol. The number of amides is 1. The highest BCUT2D eigenvalue weighted by Gasteiger charge is 2.14. The topological polar surface area (TPSA) is 118 Å². The van der Waals surface area contributed by atoms with Crippen LogP contribution in [0, 0.1) is 0 Å². The summed E-state index contributed by atoms with van der Waals surface area (Å²) in [6.45, 7) is 0.0610. The summed E-state index contributed by atoms with van der Waals surface area (Å²) < 4.78 is 29.3. The lowest BCUT2D eigenvalue weighted by Gasteiger charge is -2.11. The van der Waals surface area contributed by atoms with E-state index in [0.29, 0.717) is 11.7 Å². The number of aromatic nitrogens is 3. The van der Waals surface area contributed by atoms with Gasteiger partial charge >= 0.3 is 0 Å².